The van der Waals surface area contributed by atoms with Crippen molar-refractivity contribution in [2.45, 2.75) is 46.8 Å². The third-order valence-corrected chi connectivity index (χ3v) is 6.18. The van der Waals surface area contributed by atoms with E-state index in [0.717, 1.165) is 27.9 Å². The van der Waals surface area contributed by atoms with E-state index in [-0.39, 0.29) is 11.5 Å². The average molecular weight is 462 g/mol. The number of aromatic nitrogens is 4. The van der Waals surface area contributed by atoms with Gasteiger partial charge in [-0.2, -0.15) is 5.10 Å². The summed E-state index contributed by atoms with van der Waals surface area (Å²) in [6.07, 6.45) is 1.76. The zero-order valence-electron chi connectivity index (χ0n) is 20.5. The van der Waals surface area contributed by atoms with Gasteiger partial charge in [0, 0.05) is 30.7 Å². The molecule has 0 radical (unpaired) electrons. The number of aryl methyl sites for hydroxylation is 3. The monoisotopic (exact) mass is 461 g/mol. The zero-order valence-corrected chi connectivity index (χ0v) is 20.5. The Morgan fingerprint density at radius 1 is 1.21 bits per heavy atom. The van der Waals surface area contributed by atoms with E-state index in [2.05, 4.69) is 36.3 Å². The third-order valence-electron chi connectivity index (χ3n) is 6.18. The summed E-state index contributed by atoms with van der Waals surface area (Å²) in [5.74, 6) is -0.270. The average Bonchev–Trinajstić information content (AvgIpc) is 3.39. The zero-order chi connectivity index (χ0) is 24.8. The van der Waals surface area contributed by atoms with Crippen molar-refractivity contribution in [3.8, 4) is 11.3 Å². The molecule has 0 aliphatic heterocycles. The fourth-order valence-corrected chi connectivity index (χ4v) is 4.22. The van der Waals surface area contributed by atoms with Crippen LogP contribution in [0, 0.1) is 13.8 Å². The molecule has 8 nitrogen and oxygen atoms in total. The lowest BCUT2D eigenvalue weighted by Gasteiger charge is -2.14. The Balaban J connectivity index is 1.97. The molecule has 0 atom stereocenters. The molecule has 3 aromatic heterocycles. The maximum atomic E-state index is 12.9. The first-order valence-corrected chi connectivity index (χ1v) is 11.4. The van der Waals surface area contributed by atoms with Gasteiger partial charge in [-0.15, -0.1) is 0 Å². The van der Waals surface area contributed by atoms with Gasteiger partial charge in [-0.05, 0) is 63.4 Å². The normalized spacial score (nSPS) is 11.9. The number of hydrogen-bond acceptors (Lipinski definition) is 4. The van der Waals surface area contributed by atoms with Crippen LogP contribution in [0.4, 0.5) is 0 Å². The van der Waals surface area contributed by atoms with Crippen LogP contribution in [0.2, 0.25) is 0 Å². The molecule has 0 bridgehead atoms. The number of amides is 1. The predicted octanol–water partition coefficient (Wildman–Crippen LogP) is 3.37. The van der Waals surface area contributed by atoms with E-state index in [1.54, 1.807) is 33.2 Å². The highest BCUT2D eigenvalue weighted by atomic mass is 16.3. The summed E-state index contributed by atoms with van der Waals surface area (Å²) in [4.78, 5) is 28.3. The SMILES string of the molecule is CCNC(=O)c1cc2c(-c3cc(C(C)(C)O)nn3Cc3c(C)cccc3C)cn(C)c(=O)c2[nH]1. The van der Waals surface area contributed by atoms with Crippen LogP contribution in [0.5, 0.6) is 0 Å². The Morgan fingerprint density at radius 3 is 2.50 bits per heavy atom. The Bertz CT molecular complexity index is 1430. The lowest BCUT2D eigenvalue weighted by Crippen LogP contribution is -2.23. The van der Waals surface area contributed by atoms with E-state index < -0.39 is 5.60 Å². The first-order chi connectivity index (χ1) is 16.0. The number of aliphatic hydroxyl groups is 1. The molecule has 0 aliphatic rings. The smallest absolute Gasteiger partial charge is 0.274 e. The van der Waals surface area contributed by atoms with Crippen LogP contribution in [0.1, 0.15) is 53.6 Å². The van der Waals surface area contributed by atoms with Gasteiger partial charge in [0.25, 0.3) is 11.5 Å². The molecule has 0 saturated carbocycles. The molecule has 0 fully saturated rings. The lowest BCUT2D eigenvalue weighted by atomic mass is 10.0. The highest BCUT2D eigenvalue weighted by Crippen LogP contribution is 2.32. The number of hydrogen-bond donors (Lipinski definition) is 3. The molecule has 34 heavy (non-hydrogen) atoms. The number of nitrogens with one attached hydrogen (secondary N) is 2. The van der Waals surface area contributed by atoms with Gasteiger partial charge in [0.15, 0.2) is 0 Å². The number of H-pyrrole nitrogens is 1. The van der Waals surface area contributed by atoms with Crippen molar-refractivity contribution in [1.29, 1.82) is 0 Å². The second kappa shape index (κ2) is 8.61. The van der Waals surface area contributed by atoms with Crippen molar-refractivity contribution in [3.63, 3.8) is 0 Å². The molecule has 0 aliphatic carbocycles. The number of rotatable bonds is 6. The third kappa shape index (κ3) is 4.17. The maximum Gasteiger partial charge on any atom is 0.274 e. The van der Waals surface area contributed by atoms with Crippen LogP contribution in [-0.4, -0.2) is 36.9 Å². The van der Waals surface area contributed by atoms with Gasteiger partial charge in [0.05, 0.1) is 17.9 Å². The maximum absolute atomic E-state index is 12.9. The van der Waals surface area contributed by atoms with E-state index in [1.807, 2.05) is 23.7 Å². The Hall–Kier alpha value is -3.65. The van der Waals surface area contributed by atoms with Crippen molar-refractivity contribution in [2.24, 2.45) is 7.05 Å². The van der Waals surface area contributed by atoms with Crippen LogP contribution in [-0.2, 0) is 19.2 Å². The van der Waals surface area contributed by atoms with Gasteiger partial charge < -0.3 is 20.0 Å². The number of pyridine rings is 1. The van der Waals surface area contributed by atoms with E-state index in [9.17, 15) is 14.7 Å². The molecular weight excluding hydrogens is 430 g/mol. The summed E-state index contributed by atoms with van der Waals surface area (Å²) in [6, 6.07) is 9.72. The number of carbonyl (C=O) groups is 1. The summed E-state index contributed by atoms with van der Waals surface area (Å²) >= 11 is 0. The highest BCUT2D eigenvalue weighted by molar-refractivity contribution is 6.02. The first kappa shape index (κ1) is 23.5. The van der Waals surface area contributed by atoms with Crippen LogP contribution in [0.3, 0.4) is 0 Å². The molecule has 1 amide bonds. The summed E-state index contributed by atoms with van der Waals surface area (Å²) in [5.41, 5.74) is 4.77. The van der Waals surface area contributed by atoms with Crippen molar-refractivity contribution < 1.29 is 9.90 Å². The van der Waals surface area contributed by atoms with E-state index >= 15 is 0 Å². The Morgan fingerprint density at radius 2 is 1.88 bits per heavy atom. The van der Waals surface area contributed by atoms with Crippen LogP contribution >= 0.6 is 0 Å². The summed E-state index contributed by atoms with van der Waals surface area (Å²) < 4.78 is 3.36. The van der Waals surface area contributed by atoms with E-state index in [1.165, 1.54) is 4.57 Å². The molecule has 0 spiro atoms. The molecule has 3 N–H and O–H groups in total. The standard InChI is InChI=1S/C26H31N5O3/c1-7-27-24(32)20-11-17-19(13-30(6)25(33)23(17)28-20)21-12-22(26(4,5)34)29-31(21)14-18-15(2)9-8-10-16(18)3/h8-13,28,34H,7,14H2,1-6H3,(H,27,32). The molecule has 3 heterocycles. The summed E-state index contributed by atoms with van der Waals surface area (Å²) in [6.45, 7) is 10.4. The van der Waals surface area contributed by atoms with Gasteiger partial charge in [0.1, 0.15) is 16.8 Å². The minimum Gasteiger partial charge on any atom is -0.384 e. The van der Waals surface area contributed by atoms with Crippen LogP contribution in [0.25, 0.3) is 22.2 Å². The second-order valence-corrected chi connectivity index (χ2v) is 9.29. The minimum atomic E-state index is -1.15. The molecule has 1 aromatic carbocycles. The Kier molecular flexibility index (Phi) is 5.95. The van der Waals surface area contributed by atoms with Crippen molar-refractivity contribution >= 4 is 16.8 Å². The number of aromatic amines is 1. The molecular formula is C26H31N5O3. The fraction of sp³-hybridized carbons (Fsp3) is 0.346. The largest absolute Gasteiger partial charge is 0.384 e. The van der Waals surface area contributed by atoms with Gasteiger partial charge in [-0.1, -0.05) is 18.2 Å². The van der Waals surface area contributed by atoms with Gasteiger partial charge in [-0.25, -0.2) is 0 Å². The van der Waals surface area contributed by atoms with E-state index in [4.69, 9.17) is 5.10 Å². The van der Waals surface area contributed by atoms with Crippen molar-refractivity contribution in [3.05, 3.63) is 75.0 Å². The lowest BCUT2D eigenvalue weighted by molar-refractivity contribution is 0.0731. The van der Waals surface area contributed by atoms with Crippen LogP contribution < -0.4 is 10.9 Å². The molecule has 4 aromatic rings. The molecule has 8 heteroatoms. The van der Waals surface area contributed by atoms with Crippen molar-refractivity contribution in [1.82, 2.24) is 24.6 Å². The van der Waals surface area contributed by atoms with Crippen LogP contribution in [0.15, 0.2) is 41.3 Å². The molecule has 4 rings (SSSR count). The van der Waals surface area contributed by atoms with Gasteiger partial charge in [-0.3, -0.25) is 14.3 Å². The molecule has 0 unspecified atom stereocenters. The van der Waals surface area contributed by atoms with Gasteiger partial charge >= 0.3 is 0 Å². The van der Waals surface area contributed by atoms with E-state index in [0.29, 0.717) is 35.4 Å². The first-order valence-electron chi connectivity index (χ1n) is 11.4. The molecule has 178 valence electrons. The number of carbonyl (C=O) groups excluding carboxylic acids is 1. The fourth-order valence-electron chi connectivity index (χ4n) is 4.22. The topological polar surface area (TPSA) is 105 Å². The number of benzene rings is 1. The number of fused-ring (bicyclic) bond motifs is 1. The quantitative estimate of drug-likeness (QED) is 0.409. The van der Waals surface area contributed by atoms with Gasteiger partial charge in [0.2, 0.25) is 0 Å². The second-order valence-electron chi connectivity index (χ2n) is 9.29. The van der Waals surface area contributed by atoms with Crippen molar-refractivity contribution in [2.75, 3.05) is 6.54 Å². The molecule has 0 saturated heterocycles. The summed E-state index contributed by atoms with van der Waals surface area (Å²) in [5, 5.41) is 18.9. The Labute approximate surface area is 198 Å². The minimum absolute atomic E-state index is 0.224. The summed E-state index contributed by atoms with van der Waals surface area (Å²) in [7, 11) is 1.68. The predicted molar refractivity (Wildman–Crippen MR) is 133 cm³/mol. The highest BCUT2D eigenvalue weighted by Gasteiger charge is 2.25. The number of nitrogens with zero attached hydrogens (tertiary/aromatic N) is 3.